The molecule has 3 heteroatoms. The van der Waals surface area contributed by atoms with Crippen LogP contribution in [0.15, 0.2) is 24.3 Å². The quantitative estimate of drug-likeness (QED) is 0.827. The van der Waals surface area contributed by atoms with E-state index >= 15 is 0 Å². The third-order valence-corrected chi connectivity index (χ3v) is 3.85. The zero-order chi connectivity index (χ0) is 12.4. The molecule has 0 bridgehead atoms. The van der Waals surface area contributed by atoms with Gasteiger partial charge in [0.05, 0.1) is 11.2 Å². The van der Waals surface area contributed by atoms with Crippen LogP contribution in [-0.4, -0.2) is 10.3 Å². The second-order valence-electron chi connectivity index (χ2n) is 4.52. The number of nitrogen functional groups attached to an aromatic ring is 1. The van der Waals surface area contributed by atoms with Crippen molar-refractivity contribution in [3.05, 3.63) is 30.0 Å². The Kier molecular flexibility index (Phi) is 3.67. The molecule has 0 radical (unpaired) electrons. The third kappa shape index (κ3) is 2.29. The second kappa shape index (κ2) is 5.05. The van der Waals surface area contributed by atoms with Gasteiger partial charge in [-0.2, -0.15) is 11.8 Å². The standard InChI is InChI=1S/C14H20N2S/c1-4-17-9-12-8-11-6-5-7-13(15)14(11)16(12)10(2)3/h5-8,10H,4,9,15H2,1-3H3. The molecule has 2 N–H and O–H groups in total. The van der Waals surface area contributed by atoms with Crippen LogP contribution in [0.3, 0.4) is 0 Å². The van der Waals surface area contributed by atoms with Crippen molar-refractivity contribution in [3.8, 4) is 0 Å². The van der Waals surface area contributed by atoms with Gasteiger partial charge in [-0.3, -0.25) is 0 Å². The molecule has 0 saturated carbocycles. The summed E-state index contributed by atoms with van der Waals surface area (Å²) >= 11 is 1.95. The van der Waals surface area contributed by atoms with Crippen molar-refractivity contribution in [2.24, 2.45) is 0 Å². The number of fused-ring (bicyclic) bond motifs is 1. The smallest absolute Gasteiger partial charge is 0.0718 e. The molecule has 1 aromatic heterocycles. The van der Waals surface area contributed by atoms with Crippen molar-refractivity contribution in [2.75, 3.05) is 11.5 Å². The van der Waals surface area contributed by atoms with Gasteiger partial charge in [0.15, 0.2) is 0 Å². The summed E-state index contributed by atoms with van der Waals surface area (Å²) in [5.74, 6) is 2.21. The van der Waals surface area contributed by atoms with Gasteiger partial charge in [-0.05, 0) is 31.7 Å². The monoisotopic (exact) mass is 248 g/mol. The van der Waals surface area contributed by atoms with Gasteiger partial charge in [-0.25, -0.2) is 0 Å². The maximum absolute atomic E-state index is 6.11. The van der Waals surface area contributed by atoms with E-state index in [9.17, 15) is 0 Å². The van der Waals surface area contributed by atoms with E-state index in [1.807, 2.05) is 23.9 Å². The van der Waals surface area contributed by atoms with E-state index < -0.39 is 0 Å². The average molecular weight is 248 g/mol. The van der Waals surface area contributed by atoms with Gasteiger partial charge in [0.25, 0.3) is 0 Å². The van der Waals surface area contributed by atoms with Crippen molar-refractivity contribution in [2.45, 2.75) is 32.6 Å². The number of aromatic nitrogens is 1. The van der Waals surface area contributed by atoms with Crippen LogP contribution in [0.4, 0.5) is 5.69 Å². The molecule has 0 unspecified atom stereocenters. The maximum atomic E-state index is 6.11. The molecule has 2 rings (SSSR count). The fourth-order valence-electron chi connectivity index (χ4n) is 2.27. The van der Waals surface area contributed by atoms with Crippen molar-refractivity contribution < 1.29 is 0 Å². The van der Waals surface area contributed by atoms with E-state index in [-0.39, 0.29) is 0 Å². The molecule has 92 valence electrons. The van der Waals surface area contributed by atoms with Crippen LogP contribution in [-0.2, 0) is 5.75 Å². The molecule has 0 spiro atoms. The summed E-state index contributed by atoms with van der Waals surface area (Å²) in [4.78, 5) is 0. The Balaban J connectivity index is 2.59. The van der Waals surface area contributed by atoms with Gasteiger partial charge < -0.3 is 10.3 Å². The first-order valence-electron chi connectivity index (χ1n) is 6.11. The molecule has 2 aromatic rings. The van der Waals surface area contributed by atoms with Crippen LogP contribution in [0.5, 0.6) is 0 Å². The summed E-state index contributed by atoms with van der Waals surface area (Å²) < 4.78 is 2.37. The zero-order valence-corrected chi connectivity index (χ0v) is 11.6. The van der Waals surface area contributed by atoms with E-state index in [1.54, 1.807) is 0 Å². The largest absolute Gasteiger partial charge is 0.397 e. The number of thioether (sulfide) groups is 1. The first-order chi connectivity index (χ1) is 8.15. The summed E-state index contributed by atoms with van der Waals surface area (Å²) in [5.41, 5.74) is 9.55. The summed E-state index contributed by atoms with van der Waals surface area (Å²) in [6.07, 6.45) is 0. The Morgan fingerprint density at radius 2 is 2.12 bits per heavy atom. The average Bonchev–Trinajstić information content (AvgIpc) is 2.66. The Morgan fingerprint density at radius 1 is 1.35 bits per heavy atom. The van der Waals surface area contributed by atoms with Gasteiger partial charge in [0.1, 0.15) is 0 Å². The molecule has 0 saturated heterocycles. The number of nitrogens with zero attached hydrogens (tertiary/aromatic N) is 1. The normalized spacial score (nSPS) is 11.5. The highest BCUT2D eigenvalue weighted by atomic mass is 32.2. The fraction of sp³-hybridized carbons (Fsp3) is 0.429. The van der Waals surface area contributed by atoms with E-state index in [0.29, 0.717) is 6.04 Å². The van der Waals surface area contributed by atoms with Gasteiger partial charge in [-0.15, -0.1) is 0 Å². The predicted molar refractivity (Wildman–Crippen MR) is 78.6 cm³/mol. The molecule has 0 aliphatic carbocycles. The van der Waals surface area contributed by atoms with E-state index in [0.717, 1.165) is 17.2 Å². The van der Waals surface area contributed by atoms with Gasteiger partial charge in [0.2, 0.25) is 0 Å². The molecule has 0 fully saturated rings. The van der Waals surface area contributed by atoms with Crippen molar-refractivity contribution >= 4 is 28.4 Å². The summed E-state index contributed by atoms with van der Waals surface area (Å²) in [6.45, 7) is 6.62. The minimum atomic E-state index is 0.449. The summed E-state index contributed by atoms with van der Waals surface area (Å²) in [6, 6.07) is 8.88. The molecule has 0 aliphatic heterocycles. The number of para-hydroxylation sites is 1. The van der Waals surface area contributed by atoms with Crippen molar-refractivity contribution in [3.63, 3.8) is 0 Å². The molecule has 0 amide bonds. The highest BCUT2D eigenvalue weighted by Crippen LogP contribution is 2.30. The van der Waals surface area contributed by atoms with E-state index in [2.05, 4.69) is 37.5 Å². The van der Waals surface area contributed by atoms with Gasteiger partial charge in [0, 0.05) is 22.9 Å². The summed E-state index contributed by atoms with van der Waals surface area (Å²) in [7, 11) is 0. The molecule has 0 aliphatic rings. The van der Waals surface area contributed by atoms with Crippen LogP contribution in [0.1, 0.15) is 32.5 Å². The minimum Gasteiger partial charge on any atom is -0.397 e. The Labute approximate surface area is 107 Å². The lowest BCUT2D eigenvalue weighted by atomic mass is 10.2. The highest BCUT2D eigenvalue weighted by Gasteiger charge is 2.12. The third-order valence-electron chi connectivity index (χ3n) is 2.94. The lowest BCUT2D eigenvalue weighted by Crippen LogP contribution is -2.06. The maximum Gasteiger partial charge on any atom is 0.0718 e. The molecular formula is C14H20N2S. The SMILES string of the molecule is CCSCc1cc2cccc(N)c2n1C(C)C. The highest BCUT2D eigenvalue weighted by molar-refractivity contribution is 7.98. The van der Waals surface area contributed by atoms with Crippen LogP contribution < -0.4 is 5.73 Å². The van der Waals surface area contributed by atoms with Crippen LogP contribution in [0, 0.1) is 0 Å². The molecule has 1 heterocycles. The molecule has 0 atom stereocenters. The number of hydrogen-bond donors (Lipinski definition) is 1. The van der Waals surface area contributed by atoms with E-state index in [4.69, 9.17) is 5.73 Å². The number of nitrogens with two attached hydrogens (primary N) is 1. The predicted octanol–water partition coefficient (Wildman–Crippen LogP) is 4.06. The van der Waals surface area contributed by atoms with Crippen LogP contribution in [0.2, 0.25) is 0 Å². The zero-order valence-electron chi connectivity index (χ0n) is 10.7. The Hall–Kier alpha value is -1.09. The van der Waals surface area contributed by atoms with E-state index in [1.165, 1.54) is 16.6 Å². The minimum absolute atomic E-state index is 0.449. The number of anilines is 1. The van der Waals surface area contributed by atoms with Crippen molar-refractivity contribution in [1.29, 1.82) is 0 Å². The first kappa shape index (κ1) is 12.4. The second-order valence-corrected chi connectivity index (χ2v) is 5.80. The van der Waals surface area contributed by atoms with Crippen LogP contribution >= 0.6 is 11.8 Å². The molecule has 1 aromatic carbocycles. The number of hydrogen-bond acceptors (Lipinski definition) is 2. The molecular weight excluding hydrogens is 228 g/mol. The van der Waals surface area contributed by atoms with Crippen molar-refractivity contribution in [1.82, 2.24) is 4.57 Å². The lowest BCUT2D eigenvalue weighted by Gasteiger charge is -2.15. The molecule has 17 heavy (non-hydrogen) atoms. The fourth-order valence-corrected chi connectivity index (χ4v) is 2.91. The Morgan fingerprint density at radius 3 is 2.76 bits per heavy atom. The number of benzene rings is 1. The lowest BCUT2D eigenvalue weighted by molar-refractivity contribution is 0.606. The summed E-state index contributed by atoms with van der Waals surface area (Å²) in [5, 5.41) is 1.26. The topological polar surface area (TPSA) is 30.9 Å². The van der Waals surface area contributed by atoms with Gasteiger partial charge in [-0.1, -0.05) is 19.1 Å². The Bertz CT molecular complexity index is 514. The molecule has 2 nitrogen and oxygen atoms in total. The van der Waals surface area contributed by atoms with Gasteiger partial charge >= 0.3 is 0 Å². The number of rotatable bonds is 4. The first-order valence-corrected chi connectivity index (χ1v) is 7.26. The van der Waals surface area contributed by atoms with Crippen LogP contribution in [0.25, 0.3) is 10.9 Å².